The van der Waals surface area contributed by atoms with E-state index in [2.05, 4.69) is 10.4 Å². The first-order chi connectivity index (χ1) is 14.0. The normalized spacial score (nSPS) is 26.5. The van der Waals surface area contributed by atoms with Crippen LogP contribution in [0.3, 0.4) is 0 Å². The summed E-state index contributed by atoms with van der Waals surface area (Å²) in [6, 6.07) is 8.11. The summed E-state index contributed by atoms with van der Waals surface area (Å²) in [7, 11) is 0. The van der Waals surface area contributed by atoms with Crippen LogP contribution in [0.4, 0.5) is 15.9 Å². The van der Waals surface area contributed by atoms with Gasteiger partial charge >= 0.3 is 0 Å². The molecular weight excluding hydrogens is 391 g/mol. The van der Waals surface area contributed by atoms with E-state index in [9.17, 15) is 9.18 Å². The van der Waals surface area contributed by atoms with E-state index in [1.54, 1.807) is 11.0 Å². The smallest absolute Gasteiger partial charge is 0.236 e. The fraction of sp³-hybridized carbons (Fsp3) is 0.455. The second-order valence-corrected chi connectivity index (χ2v) is 8.86. The summed E-state index contributed by atoms with van der Waals surface area (Å²) in [6.07, 6.45) is 4.01. The van der Waals surface area contributed by atoms with Crippen molar-refractivity contribution in [2.45, 2.75) is 38.6 Å². The Bertz CT molecular complexity index is 956. The van der Waals surface area contributed by atoms with Crippen molar-refractivity contribution in [3.8, 4) is 0 Å². The molecule has 3 unspecified atom stereocenters. The van der Waals surface area contributed by atoms with E-state index >= 15 is 0 Å². The van der Waals surface area contributed by atoms with Crippen molar-refractivity contribution in [3.63, 3.8) is 0 Å². The van der Waals surface area contributed by atoms with Gasteiger partial charge in [0.25, 0.3) is 0 Å². The molecule has 0 bridgehead atoms. The van der Waals surface area contributed by atoms with Crippen molar-refractivity contribution in [2.75, 3.05) is 23.4 Å². The maximum atomic E-state index is 13.4. The van der Waals surface area contributed by atoms with Crippen molar-refractivity contribution >= 4 is 29.0 Å². The number of hydrogen-bond donors (Lipinski definition) is 1. The van der Waals surface area contributed by atoms with Gasteiger partial charge in [0.2, 0.25) is 5.91 Å². The Morgan fingerprint density at radius 2 is 1.93 bits per heavy atom. The van der Waals surface area contributed by atoms with Crippen LogP contribution >= 0.6 is 11.6 Å². The predicted molar refractivity (Wildman–Crippen MR) is 111 cm³/mol. The molecular formula is C22H24ClFN4O. The number of benzene rings is 1. The van der Waals surface area contributed by atoms with Crippen LogP contribution in [0.2, 0.25) is 5.02 Å². The highest BCUT2D eigenvalue weighted by Gasteiger charge is 2.37. The van der Waals surface area contributed by atoms with Crippen molar-refractivity contribution in [1.29, 1.82) is 0 Å². The Morgan fingerprint density at radius 3 is 2.66 bits per heavy atom. The summed E-state index contributed by atoms with van der Waals surface area (Å²) in [5.41, 5.74) is 5.76. The lowest BCUT2D eigenvalue weighted by Gasteiger charge is -2.33. The van der Waals surface area contributed by atoms with Gasteiger partial charge in [0.1, 0.15) is 11.6 Å². The van der Waals surface area contributed by atoms with E-state index < -0.39 is 5.82 Å². The SMILES string of the molecule is CC1C(=O)N(c2ccc(F)cc2Cl)Cc2ccc(NN3CC4CCCC4C3)nc21. The lowest BCUT2D eigenvalue weighted by Crippen LogP contribution is -2.39. The van der Waals surface area contributed by atoms with E-state index in [4.69, 9.17) is 16.6 Å². The van der Waals surface area contributed by atoms with Crippen molar-refractivity contribution in [1.82, 2.24) is 9.99 Å². The Balaban J connectivity index is 1.37. The molecule has 1 aromatic carbocycles. The third-order valence-corrected chi connectivity index (χ3v) is 6.89. The van der Waals surface area contributed by atoms with Crippen molar-refractivity contribution in [2.24, 2.45) is 11.8 Å². The fourth-order valence-corrected chi connectivity index (χ4v) is 5.34. The molecule has 1 amide bonds. The quantitative estimate of drug-likeness (QED) is 0.798. The van der Waals surface area contributed by atoms with E-state index in [0.29, 0.717) is 12.2 Å². The number of nitrogens with zero attached hydrogens (tertiary/aromatic N) is 3. The van der Waals surface area contributed by atoms with E-state index in [1.807, 2.05) is 19.1 Å². The molecule has 1 N–H and O–H groups in total. The average Bonchev–Trinajstić information content (AvgIpc) is 3.27. The molecule has 7 heteroatoms. The van der Waals surface area contributed by atoms with Crippen LogP contribution in [0.1, 0.15) is 43.4 Å². The minimum atomic E-state index is -0.417. The molecule has 29 heavy (non-hydrogen) atoms. The number of amides is 1. The minimum absolute atomic E-state index is 0.0774. The second-order valence-electron chi connectivity index (χ2n) is 8.45. The number of aromatic nitrogens is 1. The monoisotopic (exact) mass is 414 g/mol. The second kappa shape index (κ2) is 7.26. The topological polar surface area (TPSA) is 48.5 Å². The zero-order chi connectivity index (χ0) is 20.1. The molecule has 2 aliphatic heterocycles. The van der Waals surface area contributed by atoms with E-state index in [0.717, 1.165) is 42.0 Å². The highest BCUT2D eigenvalue weighted by Crippen LogP contribution is 2.38. The summed E-state index contributed by atoms with van der Waals surface area (Å²) in [5, 5.41) is 2.50. The number of pyridine rings is 1. The first kappa shape index (κ1) is 18.8. The lowest BCUT2D eigenvalue weighted by molar-refractivity contribution is -0.120. The Labute approximate surface area is 174 Å². The van der Waals surface area contributed by atoms with Crippen LogP contribution in [0, 0.1) is 17.7 Å². The highest BCUT2D eigenvalue weighted by molar-refractivity contribution is 6.33. The summed E-state index contributed by atoms with van der Waals surface area (Å²) >= 11 is 6.20. The molecule has 3 atom stereocenters. The van der Waals surface area contributed by atoms with E-state index in [1.165, 1.54) is 31.4 Å². The Kier molecular flexibility index (Phi) is 4.71. The number of carbonyl (C=O) groups excluding carboxylic acids is 1. The molecule has 0 radical (unpaired) electrons. The van der Waals surface area contributed by atoms with Crippen LogP contribution < -0.4 is 10.3 Å². The molecule has 1 aliphatic carbocycles. The fourth-order valence-electron chi connectivity index (χ4n) is 5.07. The maximum absolute atomic E-state index is 13.4. The van der Waals surface area contributed by atoms with Crippen molar-refractivity contribution in [3.05, 3.63) is 52.4 Å². The maximum Gasteiger partial charge on any atom is 0.236 e. The van der Waals surface area contributed by atoms with Crippen LogP contribution in [0.5, 0.6) is 0 Å². The number of anilines is 2. The number of fused-ring (bicyclic) bond motifs is 2. The van der Waals surface area contributed by atoms with Gasteiger partial charge in [-0.25, -0.2) is 14.4 Å². The molecule has 2 aromatic rings. The molecule has 3 aliphatic rings. The largest absolute Gasteiger partial charge is 0.306 e. The zero-order valence-corrected chi connectivity index (χ0v) is 17.1. The number of carbonyl (C=O) groups is 1. The summed E-state index contributed by atoms with van der Waals surface area (Å²) < 4.78 is 13.4. The number of halogens is 2. The molecule has 3 heterocycles. The van der Waals surface area contributed by atoms with Crippen LogP contribution in [-0.4, -0.2) is 29.0 Å². The number of nitrogens with one attached hydrogen (secondary N) is 1. The molecule has 1 aromatic heterocycles. The van der Waals surface area contributed by atoms with Gasteiger partial charge in [-0.2, -0.15) is 0 Å². The van der Waals surface area contributed by atoms with Gasteiger partial charge in [-0.3, -0.25) is 4.79 Å². The van der Waals surface area contributed by atoms with Gasteiger partial charge in [0.15, 0.2) is 0 Å². The van der Waals surface area contributed by atoms with Gasteiger partial charge < -0.3 is 10.3 Å². The summed E-state index contributed by atoms with van der Waals surface area (Å²) in [6.45, 7) is 4.37. The zero-order valence-electron chi connectivity index (χ0n) is 16.4. The van der Waals surface area contributed by atoms with Gasteiger partial charge in [-0.1, -0.05) is 24.1 Å². The van der Waals surface area contributed by atoms with Crippen LogP contribution in [0.25, 0.3) is 0 Å². The number of rotatable bonds is 3. The summed E-state index contributed by atoms with van der Waals surface area (Å²) in [4.78, 5) is 19.4. The standard InChI is InChI=1S/C22H24ClFN4O/c1-13-21-16(12-28(22(13)29)19-7-6-17(24)9-18(19)23)5-8-20(25-21)26-27-10-14-3-2-4-15(14)11-27/h5-9,13-15H,2-4,10-12H2,1H3,(H,25,26). The van der Waals surface area contributed by atoms with Gasteiger partial charge in [0.05, 0.1) is 28.9 Å². The molecule has 2 fully saturated rings. The van der Waals surface area contributed by atoms with Crippen LogP contribution in [0.15, 0.2) is 30.3 Å². The summed E-state index contributed by atoms with van der Waals surface area (Å²) in [5.74, 6) is 1.51. The third-order valence-electron chi connectivity index (χ3n) is 6.59. The Morgan fingerprint density at radius 1 is 1.17 bits per heavy atom. The number of hydrogen-bond acceptors (Lipinski definition) is 4. The molecule has 1 saturated heterocycles. The van der Waals surface area contributed by atoms with E-state index in [-0.39, 0.29) is 16.8 Å². The van der Waals surface area contributed by atoms with Gasteiger partial charge in [-0.05, 0) is 61.4 Å². The first-order valence-corrected chi connectivity index (χ1v) is 10.7. The lowest BCUT2D eigenvalue weighted by atomic mass is 9.95. The molecule has 1 saturated carbocycles. The third kappa shape index (κ3) is 3.38. The minimum Gasteiger partial charge on any atom is -0.306 e. The Hall–Kier alpha value is -2.18. The molecule has 0 spiro atoms. The number of hydrazine groups is 1. The van der Waals surface area contributed by atoms with Crippen molar-refractivity contribution < 1.29 is 9.18 Å². The van der Waals surface area contributed by atoms with Crippen LogP contribution in [-0.2, 0) is 11.3 Å². The molecule has 5 nitrogen and oxygen atoms in total. The van der Waals surface area contributed by atoms with Gasteiger partial charge in [-0.15, -0.1) is 0 Å². The first-order valence-electron chi connectivity index (χ1n) is 10.3. The molecule has 152 valence electrons. The van der Waals surface area contributed by atoms with Gasteiger partial charge in [0, 0.05) is 13.1 Å². The average molecular weight is 415 g/mol. The highest BCUT2D eigenvalue weighted by atomic mass is 35.5. The molecule has 5 rings (SSSR count). The predicted octanol–water partition coefficient (Wildman–Crippen LogP) is 4.58.